The average molecular weight is 557 g/mol. The summed E-state index contributed by atoms with van der Waals surface area (Å²) in [6.07, 6.45) is 0. The Labute approximate surface area is 219 Å². The minimum atomic E-state index is -0.369. The van der Waals surface area contributed by atoms with Crippen LogP contribution in [-0.2, 0) is 9.31 Å². The van der Waals surface area contributed by atoms with Gasteiger partial charge in [0.2, 0.25) is 0 Å². The molecule has 0 spiro atoms. The van der Waals surface area contributed by atoms with E-state index in [2.05, 4.69) is 27.4 Å². The Balaban J connectivity index is 0.000000157. The van der Waals surface area contributed by atoms with Crippen molar-refractivity contribution >= 4 is 62.6 Å². The largest absolute Gasteiger partial charge is 0.496 e. The lowest BCUT2D eigenvalue weighted by Crippen LogP contribution is -2.41. The molecule has 4 N–H and O–H groups in total. The zero-order chi connectivity index (χ0) is 24.8. The molecule has 5 rings (SSSR count). The van der Waals surface area contributed by atoms with Crippen LogP contribution in [0.5, 0.6) is 0 Å². The summed E-state index contributed by atoms with van der Waals surface area (Å²) in [7, 11) is -0.369. The highest BCUT2D eigenvalue weighted by atomic mass is 79.9. The Morgan fingerprint density at radius 1 is 0.706 bits per heavy atom. The molecule has 8 heteroatoms. The van der Waals surface area contributed by atoms with Crippen molar-refractivity contribution in [1.29, 1.82) is 0 Å². The van der Waals surface area contributed by atoms with Gasteiger partial charge in [-0.3, -0.25) is 0 Å². The van der Waals surface area contributed by atoms with Crippen molar-refractivity contribution in [3.8, 4) is 10.4 Å². The van der Waals surface area contributed by atoms with Crippen LogP contribution in [0.15, 0.2) is 87.3 Å². The van der Waals surface area contributed by atoms with Crippen molar-refractivity contribution in [2.45, 2.75) is 38.9 Å². The van der Waals surface area contributed by atoms with Crippen molar-refractivity contribution < 1.29 is 9.31 Å². The molecule has 1 saturated heterocycles. The van der Waals surface area contributed by atoms with Crippen LogP contribution in [0.4, 0.5) is 11.4 Å². The Bertz CT molecular complexity index is 1150. The Hall–Kier alpha value is -2.10. The van der Waals surface area contributed by atoms with Crippen molar-refractivity contribution in [2.24, 2.45) is 0 Å². The minimum absolute atomic E-state index is 0.319. The molecule has 0 bridgehead atoms. The van der Waals surface area contributed by atoms with E-state index in [1.54, 1.807) is 22.7 Å². The molecule has 4 aromatic rings. The van der Waals surface area contributed by atoms with Crippen molar-refractivity contribution in [3.63, 3.8) is 0 Å². The van der Waals surface area contributed by atoms with Crippen molar-refractivity contribution in [1.82, 2.24) is 0 Å². The summed E-state index contributed by atoms with van der Waals surface area (Å²) in [6, 6.07) is 23.7. The van der Waals surface area contributed by atoms with Crippen molar-refractivity contribution in [2.75, 3.05) is 11.5 Å². The molecule has 0 amide bonds. The first kappa shape index (κ1) is 26.5. The van der Waals surface area contributed by atoms with Gasteiger partial charge in [0.05, 0.1) is 15.0 Å². The van der Waals surface area contributed by atoms with Gasteiger partial charge in [0.15, 0.2) is 0 Å². The lowest BCUT2D eigenvalue weighted by atomic mass is 9.78. The van der Waals surface area contributed by atoms with Gasteiger partial charge in [-0.2, -0.15) is 0 Å². The van der Waals surface area contributed by atoms with E-state index in [0.717, 1.165) is 16.7 Å². The monoisotopic (exact) mass is 556 g/mol. The molecule has 4 nitrogen and oxygen atoms in total. The second-order valence-corrected chi connectivity index (χ2v) is 12.0. The summed E-state index contributed by atoms with van der Waals surface area (Å²) in [5.41, 5.74) is 14.7. The van der Waals surface area contributed by atoms with E-state index in [4.69, 9.17) is 20.8 Å². The molecule has 2 aromatic heterocycles. The van der Waals surface area contributed by atoms with E-state index in [9.17, 15) is 0 Å². The first-order chi connectivity index (χ1) is 16.1. The van der Waals surface area contributed by atoms with Gasteiger partial charge in [0.25, 0.3) is 0 Å². The number of halogens is 1. The van der Waals surface area contributed by atoms with Crippen LogP contribution >= 0.6 is 38.6 Å². The van der Waals surface area contributed by atoms with E-state index in [-0.39, 0.29) is 18.3 Å². The van der Waals surface area contributed by atoms with E-state index in [1.165, 1.54) is 8.66 Å². The molecule has 0 saturated carbocycles. The highest BCUT2D eigenvalue weighted by Crippen LogP contribution is 2.36. The molecule has 2 aromatic carbocycles. The molecule has 0 radical (unpaired) electrons. The second-order valence-electron chi connectivity index (χ2n) is 8.70. The molecule has 0 atom stereocenters. The van der Waals surface area contributed by atoms with Gasteiger partial charge in [-0.25, -0.2) is 0 Å². The molecule has 0 aliphatic carbocycles. The predicted molar refractivity (Wildman–Crippen MR) is 153 cm³/mol. The van der Waals surface area contributed by atoms with Crippen LogP contribution in [0, 0.1) is 0 Å². The molecular formula is C26H30BBrN2O2S2. The molecule has 34 heavy (non-hydrogen) atoms. The molecule has 1 aliphatic rings. The standard InChI is InChI=1S/C12H18BNO2.C10H9NS.C4H3BrS/c1-11(2)12(3,4)16-13(15-11)9-7-5-6-8-10(9)14;11-9-5-2-1-4-8(9)10-6-3-7-12-10;5-4-2-1-3-6-4/h5-8H,14H2,1-4H3;1-7H,11H2;1-3H. The first-order valence-corrected chi connectivity index (χ1v) is 13.4. The van der Waals surface area contributed by atoms with Crippen LogP contribution in [0.25, 0.3) is 10.4 Å². The number of hydrogen-bond acceptors (Lipinski definition) is 6. The van der Waals surface area contributed by atoms with E-state index >= 15 is 0 Å². The molecular weight excluding hydrogens is 527 g/mol. The first-order valence-electron chi connectivity index (χ1n) is 10.9. The van der Waals surface area contributed by atoms with Crippen LogP contribution in [0.3, 0.4) is 0 Å². The van der Waals surface area contributed by atoms with Gasteiger partial charge >= 0.3 is 7.12 Å². The number of rotatable bonds is 2. The Kier molecular flexibility index (Phi) is 9.01. The van der Waals surface area contributed by atoms with Crippen LogP contribution in [0.1, 0.15) is 27.7 Å². The van der Waals surface area contributed by atoms with Gasteiger partial charge in [-0.15, -0.1) is 22.7 Å². The SMILES string of the molecule is Brc1cccs1.CC1(C)OB(c2ccccc2N)OC1(C)C.Nc1ccccc1-c1cccs1. The van der Waals surface area contributed by atoms with Gasteiger partial charge in [0.1, 0.15) is 0 Å². The summed E-state index contributed by atoms with van der Waals surface area (Å²) < 4.78 is 13.1. The normalized spacial score (nSPS) is 15.6. The topological polar surface area (TPSA) is 70.5 Å². The van der Waals surface area contributed by atoms with Gasteiger partial charge in [-0.1, -0.05) is 48.5 Å². The predicted octanol–water partition coefficient (Wildman–Crippen LogP) is 7.08. The Morgan fingerprint density at radius 3 is 1.74 bits per heavy atom. The number of thiophene rings is 2. The highest BCUT2D eigenvalue weighted by molar-refractivity contribution is 9.11. The zero-order valence-corrected chi connectivity index (χ0v) is 23.0. The number of nitrogen functional groups attached to an aromatic ring is 2. The van der Waals surface area contributed by atoms with E-state index in [0.29, 0.717) is 5.69 Å². The highest BCUT2D eigenvalue weighted by Gasteiger charge is 2.52. The van der Waals surface area contributed by atoms with Crippen molar-refractivity contribution in [3.05, 3.63) is 87.3 Å². The third-order valence-electron chi connectivity index (χ3n) is 5.74. The van der Waals surface area contributed by atoms with Gasteiger partial charge in [0, 0.05) is 27.3 Å². The number of nitrogens with two attached hydrogens (primary N) is 2. The van der Waals surface area contributed by atoms with Crippen LogP contribution in [-0.4, -0.2) is 18.3 Å². The fraction of sp³-hybridized carbons (Fsp3) is 0.231. The lowest BCUT2D eigenvalue weighted by Gasteiger charge is -2.32. The summed E-state index contributed by atoms with van der Waals surface area (Å²) in [4.78, 5) is 1.23. The maximum absolute atomic E-state index is 5.93. The van der Waals surface area contributed by atoms with E-state index in [1.807, 2.05) is 99.8 Å². The third kappa shape index (κ3) is 6.74. The maximum atomic E-state index is 5.93. The fourth-order valence-electron chi connectivity index (χ4n) is 3.11. The number of anilines is 2. The number of hydrogen-bond donors (Lipinski definition) is 2. The summed E-state index contributed by atoms with van der Waals surface area (Å²) in [5.74, 6) is 0. The summed E-state index contributed by atoms with van der Waals surface area (Å²) >= 11 is 6.70. The zero-order valence-electron chi connectivity index (χ0n) is 19.8. The molecule has 178 valence electrons. The Morgan fingerprint density at radius 2 is 1.26 bits per heavy atom. The summed E-state index contributed by atoms with van der Waals surface area (Å²) in [5, 5.41) is 4.09. The van der Waals surface area contributed by atoms with E-state index < -0.39 is 0 Å². The van der Waals surface area contributed by atoms with Crippen LogP contribution in [0.2, 0.25) is 0 Å². The van der Waals surface area contributed by atoms with Gasteiger partial charge < -0.3 is 20.8 Å². The molecule has 3 heterocycles. The molecule has 0 unspecified atom stereocenters. The number of para-hydroxylation sites is 2. The third-order valence-corrected chi connectivity index (χ3v) is 8.12. The average Bonchev–Trinajstić information content (AvgIpc) is 3.52. The molecule has 1 fully saturated rings. The lowest BCUT2D eigenvalue weighted by molar-refractivity contribution is 0.00578. The smallest absolute Gasteiger partial charge is 0.399 e. The summed E-state index contributed by atoms with van der Waals surface area (Å²) in [6.45, 7) is 8.14. The van der Waals surface area contributed by atoms with Crippen LogP contribution < -0.4 is 16.9 Å². The molecule has 1 aliphatic heterocycles. The fourth-order valence-corrected chi connectivity index (χ4v) is 4.80. The second kappa shape index (κ2) is 11.6. The quantitative estimate of drug-likeness (QED) is 0.204. The number of benzene rings is 2. The van der Waals surface area contributed by atoms with Gasteiger partial charge in [-0.05, 0) is 78.7 Å². The maximum Gasteiger partial charge on any atom is 0.496 e. The minimum Gasteiger partial charge on any atom is -0.399 e.